The lowest BCUT2D eigenvalue weighted by Crippen LogP contribution is -2.51. The lowest BCUT2D eigenvalue weighted by Gasteiger charge is -2.58. The SMILES string of the molecule is CC[C@H](C(C)C)C(Br)C(Br)[C@H](C)[C@H]1CC[C@H]2[C@@H]3CC=C4CC(OC(C)=O)CC[C@]4(C)[C@H]3CC[C@]12C. The predicted molar refractivity (Wildman–Crippen MR) is 154 cm³/mol. The smallest absolute Gasteiger partial charge is 0.302 e. The molecule has 11 atom stereocenters. The van der Waals surface area contributed by atoms with Crippen molar-refractivity contribution in [3.63, 3.8) is 0 Å². The highest BCUT2D eigenvalue weighted by Crippen LogP contribution is 2.67. The number of halogens is 2. The number of hydrogen-bond acceptors (Lipinski definition) is 2. The van der Waals surface area contributed by atoms with Gasteiger partial charge in [0.1, 0.15) is 6.10 Å². The highest BCUT2D eigenvalue weighted by molar-refractivity contribution is 9.12. The highest BCUT2D eigenvalue weighted by atomic mass is 79.9. The second-order valence-corrected chi connectivity index (χ2v) is 15.6. The van der Waals surface area contributed by atoms with Crippen molar-refractivity contribution in [3.8, 4) is 0 Å². The van der Waals surface area contributed by atoms with Gasteiger partial charge in [0.25, 0.3) is 0 Å². The zero-order chi connectivity index (χ0) is 25.7. The molecule has 2 nitrogen and oxygen atoms in total. The van der Waals surface area contributed by atoms with Gasteiger partial charge in [0.15, 0.2) is 0 Å². The van der Waals surface area contributed by atoms with Crippen molar-refractivity contribution < 1.29 is 9.53 Å². The Labute approximate surface area is 232 Å². The van der Waals surface area contributed by atoms with Crippen LogP contribution in [0.1, 0.15) is 106 Å². The van der Waals surface area contributed by atoms with Gasteiger partial charge in [0.2, 0.25) is 0 Å². The minimum absolute atomic E-state index is 0.0970. The summed E-state index contributed by atoms with van der Waals surface area (Å²) in [5.74, 6) is 5.28. The van der Waals surface area contributed by atoms with E-state index in [1.54, 1.807) is 12.5 Å². The molecule has 4 aliphatic rings. The topological polar surface area (TPSA) is 26.3 Å². The molecular weight excluding hydrogens is 564 g/mol. The summed E-state index contributed by atoms with van der Waals surface area (Å²) in [6.07, 6.45) is 13.9. The maximum atomic E-state index is 11.6. The lowest BCUT2D eigenvalue weighted by atomic mass is 9.47. The Bertz CT molecular complexity index is 808. The van der Waals surface area contributed by atoms with Crippen LogP contribution in [0.4, 0.5) is 0 Å². The fourth-order valence-electron chi connectivity index (χ4n) is 9.68. The Morgan fingerprint density at radius 2 is 1.77 bits per heavy atom. The second kappa shape index (κ2) is 10.7. The summed E-state index contributed by atoms with van der Waals surface area (Å²) in [7, 11) is 0. The molecule has 35 heavy (non-hydrogen) atoms. The minimum Gasteiger partial charge on any atom is -0.462 e. The van der Waals surface area contributed by atoms with Crippen LogP contribution in [0.3, 0.4) is 0 Å². The summed E-state index contributed by atoms with van der Waals surface area (Å²) in [6, 6.07) is 0. The van der Waals surface area contributed by atoms with E-state index in [4.69, 9.17) is 4.74 Å². The van der Waals surface area contributed by atoms with Crippen LogP contribution in [0.5, 0.6) is 0 Å². The molecule has 0 saturated heterocycles. The molecule has 0 spiro atoms. The van der Waals surface area contributed by atoms with Crippen LogP contribution in [0.2, 0.25) is 0 Å². The summed E-state index contributed by atoms with van der Waals surface area (Å²) in [5, 5.41) is 0. The Balaban J connectivity index is 1.50. The number of allylic oxidation sites excluding steroid dienone is 1. The van der Waals surface area contributed by atoms with Gasteiger partial charge in [-0.1, -0.05) is 91.5 Å². The quantitative estimate of drug-likeness (QED) is 0.162. The third-order valence-electron chi connectivity index (χ3n) is 11.6. The first-order chi connectivity index (χ1) is 16.4. The maximum Gasteiger partial charge on any atom is 0.302 e. The molecule has 0 radical (unpaired) electrons. The van der Waals surface area contributed by atoms with Crippen molar-refractivity contribution in [1.29, 1.82) is 0 Å². The number of carbonyl (C=O) groups is 1. The van der Waals surface area contributed by atoms with Gasteiger partial charge in [-0.3, -0.25) is 4.79 Å². The third-order valence-corrected chi connectivity index (χ3v) is 15.0. The van der Waals surface area contributed by atoms with Crippen LogP contribution >= 0.6 is 31.9 Å². The van der Waals surface area contributed by atoms with E-state index in [1.807, 2.05) is 0 Å². The first-order valence-electron chi connectivity index (χ1n) is 14.6. The van der Waals surface area contributed by atoms with Crippen LogP contribution in [0, 0.1) is 52.3 Å². The van der Waals surface area contributed by atoms with Crippen molar-refractivity contribution in [2.45, 2.75) is 122 Å². The second-order valence-electron chi connectivity index (χ2n) is 13.5. The van der Waals surface area contributed by atoms with Gasteiger partial charge in [-0.05, 0) is 97.2 Å². The standard InChI is InChI=1S/C31H50Br2O2/c1-8-23(18(2)3)29(33)28(32)19(4)25-11-12-26-24-10-9-21-17-22(35-20(5)34)13-15-30(21,6)27(24)14-16-31(25,26)7/h9,18-19,22-29H,8,10-17H2,1-7H3/t19-,22?,23-,24+,25-,26+,27+,28?,29?,30+,31-/m1/s1. The number of ether oxygens (including phenoxy) is 1. The zero-order valence-electron chi connectivity index (χ0n) is 23.3. The molecule has 4 heteroatoms. The molecular formula is C31H50Br2O2. The molecule has 3 unspecified atom stereocenters. The molecule has 0 aromatic rings. The number of fused-ring (bicyclic) bond motifs is 5. The lowest BCUT2D eigenvalue weighted by molar-refractivity contribution is -0.148. The summed E-state index contributed by atoms with van der Waals surface area (Å²) in [6.45, 7) is 16.4. The zero-order valence-corrected chi connectivity index (χ0v) is 26.5. The Hall–Kier alpha value is 0.170. The minimum atomic E-state index is -0.123. The number of carbonyl (C=O) groups excluding carboxylic acids is 1. The molecule has 0 N–H and O–H groups in total. The van der Waals surface area contributed by atoms with Crippen LogP contribution in [-0.4, -0.2) is 21.7 Å². The van der Waals surface area contributed by atoms with Crippen LogP contribution in [0.25, 0.3) is 0 Å². The molecule has 0 aromatic heterocycles. The first kappa shape index (κ1) is 28.2. The van der Waals surface area contributed by atoms with Gasteiger partial charge in [0, 0.05) is 23.0 Å². The molecule has 4 aliphatic carbocycles. The van der Waals surface area contributed by atoms with E-state index in [-0.39, 0.29) is 12.1 Å². The third kappa shape index (κ3) is 4.99. The van der Waals surface area contributed by atoms with E-state index in [0.717, 1.165) is 36.5 Å². The number of esters is 1. The highest BCUT2D eigenvalue weighted by Gasteiger charge is 2.60. The largest absolute Gasteiger partial charge is 0.462 e. The van der Waals surface area contributed by atoms with E-state index in [2.05, 4.69) is 79.5 Å². The number of alkyl halides is 2. The van der Waals surface area contributed by atoms with Gasteiger partial charge in [-0.15, -0.1) is 0 Å². The number of rotatable bonds is 7. The molecule has 4 rings (SSSR count). The van der Waals surface area contributed by atoms with Crippen molar-refractivity contribution in [2.75, 3.05) is 0 Å². The predicted octanol–water partition coefficient (Wildman–Crippen LogP) is 9.34. The Morgan fingerprint density at radius 1 is 1.06 bits per heavy atom. The normalized spacial score (nSPS) is 42.2. The summed E-state index contributed by atoms with van der Waals surface area (Å²) in [5.41, 5.74) is 2.38. The summed E-state index contributed by atoms with van der Waals surface area (Å²) >= 11 is 8.38. The summed E-state index contributed by atoms with van der Waals surface area (Å²) in [4.78, 5) is 12.6. The first-order valence-corrected chi connectivity index (χ1v) is 16.4. The molecule has 0 amide bonds. The van der Waals surface area contributed by atoms with Gasteiger partial charge in [-0.25, -0.2) is 0 Å². The van der Waals surface area contributed by atoms with Gasteiger partial charge in [-0.2, -0.15) is 0 Å². The van der Waals surface area contributed by atoms with Gasteiger partial charge in [0.05, 0.1) is 0 Å². The summed E-state index contributed by atoms with van der Waals surface area (Å²) < 4.78 is 5.64. The van der Waals surface area contributed by atoms with Gasteiger partial charge < -0.3 is 4.74 Å². The van der Waals surface area contributed by atoms with Crippen LogP contribution in [-0.2, 0) is 9.53 Å². The van der Waals surface area contributed by atoms with Gasteiger partial charge >= 0.3 is 5.97 Å². The van der Waals surface area contributed by atoms with Crippen molar-refractivity contribution >= 4 is 37.8 Å². The van der Waals surface area contributed by atoms with E-state index in [1.165, 1.54) is 44.9 Å². The van der Waals surface area contributed by atoms with E-state index in [9.17, 15) is 4.79 Å². The molecule has 0 aromatic carbocycles. The van der Waals surface area contributed by atoms with E-state index >= 15 is 0 Å². The molecule has 3 fully saturated rings. The molecule has 0 bridgehead atoms. The van der Waals surface area contributed by atoms with Crippen LogP contribution < -0.4 is 0 Å². The van der Waals surface area contributed by atoms with Crippen molar-refractivity contribution in [2.24, 2.45) is 52.3 Å². The molecule has 0 heterocycles. The average Bonchev–Trinajstić information content (AvgIpc) is 3.15. The Morgan fingerprint density at radius 3 is 2.40 bits per heavy atom. The molecule has 3 saturated carbocycles. The monoisotopic (exact) mass is 612 g/mol. The van der Waals surface area contributed by atoms with Crippen molar-refractivity contribution in [3.05, 3.63) is 11.6 Å². The Kier molecular flexibility index (Phi) is 8.65. The van der Waals surface area contributed by atoms with Crippen LogP contribution in [0.15, 0.2) is 11.6 Å². The fourth-order valence-corrected chi connectivity index (χ4v) is 11.9. The molecule has 0 aliphatic heterocycles. The fraction of sp³-hybridized carbons (Fsp3) is 0.903. The maximum absolute atomic E-state index is 11.6. The average molecular weight is 615 g/mol. The van der Waals surface area contributed by atoms with Crippen molar-refractivity contribution in [1.82, 2.24) is 0 Å². The van der Waals surface area contributed by atoms with E-state index in [0.29, 0.717) is 38.2 Å². The molecule has 200 valence electrons. The number of hydrogen-bond donors (Lipinski definition) is 0. The van der Waals surface area contributed by atoms with E-state index < -0.39 is 0 Å².